The Balaban J connectivity index is 3.05. The number of ether oxygens (including phenoxy) is 2. The lowest BCUT2D eigenvalue weighted by molar-refractivity contribution is -0.149. The summed E-state index contributed by atoms with van der Waals surface area (Å²) >= 11 is 0. The minimum absolute atomic E-state index is 0.0153. The van der Waals surface area contributed by atoms with E-state index in [9.17, 15) is 23.5 Å². The molecule has 8 heteroatoms. The third-order valence-corrected chi connectivity index (χ3v) is 4.04. The molecule has 134 valence electrons. The van der Waals surface area contributed by atoms with Crippen LogP contribution in [0.3, 0.4) is 0 Å². The highest BCUT2D eigenvalue weighted by Crippen LogP contribution is 2.33. The normalized spacial score (nSPS) is 11.2. The Kier molecular flexibility index (Phi) is 6.94. The Morgan fingerprint density at radius 1 is 1.29 bits per heavy atom. The summed E-state index contributed by atoms with van der Waals surface area (Å²) in [6.07, 6.45) is 0.634. The van der Waals surface area contributed by atoms with Gasteiger partial charge in [0.15, 0.2) is 11.5 Å². The van der Waals surface area contributed by atoms with Crippen LogP contribution < -0.4 is 14.8 Å². The number of benzene rings is 1. The van der Waals surface area contributed by atoms with Crippen molar-refractivity contribution in [3.8, 4) is 11.5 Å². The molecule has 1 aromatic carbocycles. The van der Waals surface area contributed by atoms with Gasteiger partial charge in [-0.25, -0.2) is 0 Å². The maximum atomic E-state index is 12.6. The van der Waals surface area contributed by atoms with Crippen molar-refractivity contribution in [2.24, 2.45) is 5.41 Å². The van der Waals surface area contributed by atoms with Crippen molar-refractivity contribution in [3.05, 3.63) is 23.8 Å². The summed E-state index contributed by atoms with van der Waals surface area (Å²) < 4.78 is 34.5. The summed E-state index contributed by atoms with van der Waals surface area (Å²) in [6.45, 7) is 0.165. The number of amides is 1. The molecule has 0 aliphatic heterocycles. The highest BCUT2D eigenvalue weighted by atomic mass is 19.3. The molecule has 0 saturated heterocycles. The molecule has 0 aliphatic rings. The number of nitrogens with one attached hydrogen (secondary N) is 1. The van der Waals surface area contributed by atoms with Crippen LogP contribution in [0.15, 0.2) is 18.2 Å². The summed E-state index contributed by atoms with van der Waals surface area (Å²) in [7, 11) is 1.26. The lowest BCUT2D eigenvalue weighted by atomic mass is 9.82. The second-order valence-corrected chi connectivity index (χ2v) is 5.19. The fraction of sp³-hybridized carbons (Fsp3) is 0.500. The van der Waals surface area contributed by atoms with Crippen LogP contribution in [0.5, 0.6) is 11.5 Å². The maximum absolute atomic E-state index is 12.6. The predicted molar refractivity (Wildman–Crippen MR) is 82.6 cm³/mol. The smallest absolute Gasteiger partial charge is 0.387 e. The summed E-state index contributed by atoms with van der Waals surface area (Å²) in [5.41, 5.74) is -1.26. The lowest BCUT2D eigenvalue weighted by Crippen LogP contribution is -2.42. The van der Waals surface area contributed by atoms with Crippen LogP contribution in [0, 0.1) is 5.41 Å². The number of hydrogen-bond acceptors (Lipinski definition) is 4. The minimum Gasteiger partial charge on any atom is -0.493 e. The van der Waals surface area contributed by atoms with Gasteiger partial charge in [0, 0.05) is 6.54 Å². The van der Waals surface area contributed by atoms with Gasteiger partial charge in [-0.05, 0) is 25.0 Å². The average molecular weight is 345 g/mol. The van der Waals surface area contributed by atoms with E-state index in [2.05, 4.69) is 10.1 Å². The number of carboxylic acids is 1. The third-order valence-electron chi connectivity index (χ3n) is 4.04. The molecule has 0 unspecified atom stereocenters. The van der Waals surface area contributed by atoms with Crippen LogP contribution in [-0.4, -0.2) is 37.2 Å². The number of hydrogen-bond donors (Lipinski definition) is 2. The molecule has 0 radical (unpaired) electrons. The number of carbonyl (C=O) groups is 2. The Morgan fingerprint density at radius 2 is 1.92 bits per heavy atom. The van der Waals surface area contributed by atoms with E-state index in [0.717, 1.165) is 0 Å². The van der Waals surface area contributed by atoms with Crippen LogP contribution >= 0.6 is 0 Å². The van der Waals surface area contributed by atoms with Crippen LogP contribution in [0.4, 0.5) is 8.78 Å². The van der Waals surface area contributed by atoms with Crippen LogP contribution in [0.25, 0.3) is 0 Å². The topological polar surface area (TPSA) is 84.9 Å². The molecule has 1 amide bonds. The number of alkyl halides is 2. The van der Waals surface area contributed by atoms with Gasteiger partial charge in [-0.3, -0.25) is 9.59 Å². The van der Waals surface area contributed by atoms with Gasteiger partial charge in [-0.2, -0.15) is 8.78 Å². The predicted octanol–water partition coefficient (Wildman–Crippen LogP) is 2.92. The zero-order valence-electron chi connectivity index (χ0n) is 13.8. The quantitative estimate of drug-likeness (QED) is 0.719. The van der Waals surface area contributed by atoms with E-state index in [1.165, 1.54) is 25.3 Å². The monoisotopic (exact) mass is 345 g/mol. The van der Waals surface area contributed by atoms with Crippen molar-refractivity contribution in [2.75, 3.05) is 13.7 Å². The molecule has 0 aliphatic carbocycles. The molecule has 0 bridgehead atoms. The number of para-hydroxylation sites is 1. The molecule has 0 atom stereocenters. The minimum atomic E-state index is -3.13. The molecule has 0 saturated carbocycles. The summed E-state index contributed by atoms with van der Waals surface area (Å²) in [4.78, 5) is 23.8. The zero-order chi connectivity index (χ0) is 18.3. The Bertz CT molecular complexity index is 588. The largest absolute Gasteiger partial charge is 0.493 e. The number of methoxy groups -OCH3 is 1. The molecule has 0 fully saturated rings. The van der Waals surface area contributed by atoms with Gasteiger partial charge >= 0.3 is 12.6 Å². The third kappa shape index (κ3) is 4.33. The fourth-order valence-corrected chi connectivity index (χ4v) is 2.29. The molecular weight excluding hydrogens is 324 g/mol. The lowest BCUT2D eigenvalue weighted by Gasteiger charge is -2.27. The van der Waals surface area contributed by atoms with E-state index in [4.69, 9.17) is 4.74 Å². The van der Waals surface area contributed by atoms with Crippen molar-refractivity contribution in [1.82, 2.24) is 5.32 Å². The standard InChI is InChI=1S/C16H21F2NO5/c1-4-16(5-2,14(21)22)9-19-13(20)10-7-6-8-11(23-3)12(10)24-15(17)18/h6-8,15H,4-5,9H2,1-3H3,(H,19,20)(H,21,22). The Labute approximate surface area is 138 Å². The van der Waals surface area contributed by atoms with Crippen molar-refractivity contribution < 1.29 is 33.0 Å². The second kappa shape index (κ2) is 8.47. The molecular formula is C16H21F2NO5. The number of halogens is 2. The molecule has 0 spiro atoms. The van der Waals surface area contributed by atoms with Crippen molar-refractivity contribution >= 4 is 11.9 Å². The number of carboxylic acid groups (broad SMARTS) is 1. The van der Waals surface area contributed by atoms with Gasteiger partial charge in [-0.15, -0.1) is 0 Å². The highest BCUT2D eigenvalue weighted by Gasteiger charge is 2.35. The number of carbonyl (C=O) groups excluding carboxylic acids is 1. The van der Waals surface area contributed by atoms with Crippen molar-refractivity contribution in [3.63, 3.8) is 0 Å². The van der Waals surface area contributed by atoms with E-state index in [1.54, 1.807) is 13.8 Å². The molecule has 24 heavy (non-hydrogen) atoms. The van der Waals surface area contributed by atoms with Crippen molar-refractivity contribution in [2.45, 2.75) is 33.3 Å². The average Bonchev–Trinajstić information content (AvgIpc) is 2.55. The van der Waals surface area contributed by atoms with E-state index in [-0.39, 0.29) is 23.6 Å². The fourth-order valence-electron chi connectivity index (χ4n) is 2.29. The van der Waals surface area contributed by atoms with Crippen LogP contribution in [0.1, 0.15) is 37.0 Å². The Morgan fingerprint density at radius 3 is 2.38 bits per heavy atom. The zero-order valence-corrected chi connectivity index (χ0v) is 13.8. The SMILES string of the molecule is CCC(CC)(CNC(=O)c1cccc(OC)c1OC(F)F)C(=O)O. The van der Waals surface area contributed by atoms with Gasteiger partial charge < -0.3 is 19.9 Å². The first-order valence-electron chi connectivity index (χ1n) is 7.44. The summed E-state index contributed by atoms with van der Waals surface area (Å²) in [6, 6.07) is 4.14. The van der Waals surface area contributed by atoms with Crippen molar-refractivity contribution in [1.29, 1.82) is 0 Å². The molecule has 6 nitrogen and oxygen atoms in total. The summed E-state index contributed by atoms with van der Waals surface area (Å²) in [5, 5.41) is 11.9. The first-order valence-corrected chi connectivity index (χ1v) is 7.44. The van der Waals surface area contributed by atoms with Gasteiger partial charge in [0.2, 0.25) is 0 Å². The first-order chi connectivity index (χ1) is 11.3. The maximum Gasteiger partial charge on any atom is 0.387 e. The van der Waals surface area contributed by atoms with Crippen LogP contribution in [0.2, 0.25) is 0 Å². The Hall–Kier alpha value is -2.38. The van der Waals surface area contributed by atoms with E-state index in [1.807, 2.05) is 0 Å². The van der Waals surface area contributed by atoms with Gasteiger partial charge in [-0.1, -0.05) is 19.9 Å². The van der Waals surface area contributed by atoms with E-state index < -0.39 is 23.9 Å². The molecule has 0 heterocycles. The van der Waals surface area contributed by atoms with Gasteiger partial charge in [0.05, 0.1) is 18.1 Å². The number of aliphatic carboxylic acids is 1. The van der Waals surface area contributed by atoms with E-state index in [0.29, 0.717) is 12.8 Å². The summed E-state index contributed by atoms with van der Waals surface area (Å²) in [5.74, 6) is -2.14. The molecule has 1 rings (SSSR count). The molecule has 0 aromatic heterocycles. The van der Waals surface area contributed by atoms with Gasteiger partial charge in [0.25, 0.3) is 5.91 Å². The number of rotatable bonds is 9. The van der Waals surface area contributed by atoms with Crippen LogP contribution in [-0.2, 0) is 4.79 Å². The van der Waals surface area contributed by atoms with E-state index >= 15 is 0 Å². The highest BCUT2D eigenvalue weighted by molar-refractivity contribution is 5.98. The second-order valence-electron chi connectivity index (χ2n) is 5.19. The first kappa shape index (κ1) is 19.7. The van der Waals surface area contributed by atoms with Gasteiger partial charge in [0.1, 0.15) is 0 Å². The molecule has 2 N–H and O–H groups in total. The molecule has 1 aromatic rings.